The molecule has 0 aliphatic rings. The van der Waals surface area contributed by atoms with E-state index in [-0.39, 0.29) is 6.04 Å². The van der Waals surface area contributed by atoms with Crippen LogP contribution in [0.2, 0.25) is 5.15 Å². The molecule has 19 heavy (non-hydrogen) atoms. The van der Waals surface area contributed by atoms with Crippen LogP contribution < -0.4 is 5.32 Å². The Kier molecular flexibility index (Phi) is 4.86. The van der Waals surface area contributed by atoms with Gasteiger partial charge in [0.25, 0.3) is 0 Å². The molecule has 0 spiro atoms. The van der Waals surface area contributed by atoms with E-state index in [1.807, 2.05) is 21.0 Å². The van der Waals surface area contributed by atoms with Crippen molar-refractivity contribution in [2.45, 2.75) is 19.4 Å². The van der Waals surface area contributed by atoms with Gasteiger partial charge in [-0.1, -0.05) is 29.8 Å². The molecule has 0 aliphatic heterocycles. The highest BCUT2D eigenvalue weighted by Gasteiger charge is 2.18. The fraction of sp³-hybridized carbons (Fsp3) is 0.357. The van der Waals surface area contributed by atoms with Gasteiger partial charge in [-0.15, -0.1) is 0 Å². The molecule has 1 N–H and O–H groups in total. The maximum Gasteiger partial charge on any atom is 0.130 e. The van der Waals surface area contributed by atoms with Crippen molar-refractivity contribution in [3.8, 4) is 0 Å². The van der Waals surface area contributed by atoms with Gasteiger partial charge in [0.05, 0.1) is 5.69 Å². The molecule has 0 aliphatic carbocycles. The van der Waals surface area contributed by atoms with Gasteiger partial charge < -0.3 is 5.32 Å². The number of aryl methyl sites for hydroxylation is 2. The Hall–Kier alpha value is -0.590. The molecule has 2 rings (SSSR count). The number of aromatic nitrogens is 2. The van der Waals surface area contributed by atoms with Crippen LogP contribution in [0.4, 0.5) is 0 Å². The lowest BCUT2D eigenvalue weighted by Gasteiger charge is -2.18. The summed E-state index contributed by atoms with van der Waals surface area (Å²) in [6.07, 6.45) is 0.842. The number of nitrogens with zero attached hydrogens (tertiary/aromatic N) is 2. The molecule has 1 atom stereocenters. The molecule has 0 saturated carbocycles. The van der Waals surface area contributed by atoms with E-state index >= 15 is 0 Å². The van der Waals surface area contributed by atoms with Gasteiger partial charge in [-0.25, -0.2) is 0 Å². The number of hydrogen-bond donors (Lipinski definition) is 1. The second-order valence-electron chi connectivity index (χ2n) is 4.55. The van der Waals surface area contributed by atoms with Gasteiger partial charge in [0.15, 0.2) is 0 Å². The molecule has 1 heterocycles. The van der Waals surface area contributed by atoms with Crippen molar-refractivity contribution in [2.75, 3.05) is 7.05 Å². The first-order chi connectivity index (χ1) is 9.04. The molecule has 0 saturated heterocycles. The van der Waals surface area contributed by atoms with Gasteiger partial charge in [0, 0.05) is 22.2 Å². The third-order valence-corrected chi connectivity index (χ3v) is 4.76. The van der Waals surface area contributed by atoms with Crippen LogP contribution in [0.15, 0.2) is 24.3 Å². The van der Waals surface area contributed by atoms with Crippen molar-refractivity contribution in [1.29, 1.82) is 0 Å². The Morgan fingerprint density at radius 1 is 1.42 bits per heavy atom. The molecule has 0 fully saturated rings. The first-order valence-electron chi connectivity index (χ1n) is 6.14. The van der Waals surface area contributed by atoms with Crippen LogP contribution in [0.25, 0.3) is 0 Å². The Balaban J connectivity index is 2.32. The van der Waals surface area contributed by atoms with Crippen molar-refractivity contribution < 1.29 is 0 Å². The number of nitrogens with one attached hydrogen (secondary N) is 1. The van der Waals surface area contributed by atoms with Crippen LogP contribution in [0.5, 0.6) is 0 Å². The number of rotatable bonds is 4. The zero-order valence-electron chi connectivity index (χ0n) is 11.2. The molecule has 1 aromatic carbocycles. The number of likely N-dealkylation sites (N-methyl/N-ethyl adjacent to an activating group) is 1. The zero-order chi connectivity index (χ0) is 14.0. The summed E-state index contributed by atoms with van der Waals surface area (Å²) in [5.41, 5.74) is 3.41. The Morgan fingerprint density at radius 3 is 2.63 bits per heavy atom. The minimum Gasteiger partial charge on any atom is -0.313 e. The van der Waals surface area contributed by atoms with E-state index in [1.165, 1.54) is 9.13 Å². The summed E-state index contributed by atoms with van der Waals surface area (Å²) in [7, 11) is 3.85. The lowest BCUT2D eigenvalue weighted by molar-refractivity contribution is 0.588. The molecule has 102 valence electrons. The maximum absolute atomic E-state index is 6.31. The standard InChI is InChI=1S/C14H17ClIN3/c1-9-11(14(15)19(3)18-9)8-13(17-2)10-6-4-5-7-12(10)16/h4-7,13,17H,8H2,1-3H3. The molecule has 5 heteroatoms. The lowest BCUT2D eigenvalue weighted by Crippen LogP contribution is -2.20. The van der Waals surface area contributed by atoms with E-state index in [0.29, 0.717) is 0 Å². The smallest absolute Gasteiger partial charge is 0.130 e. The highest BCUT2D eigenvalue weighted by atomic mass is 127. The average Bonchev–Trinajstić information content (AvgIpc) is 2.63. The van der Waals surface area contributed by atoms with Crippen molar-refractivity contribution in [2.24, 2.45) is 7.05 Å². The van der Waals surface area contributed by atoms with Gasteiger partial charge in [-0.3, -0.25) is 4.68 Å². The van der Waals surface area contributed by atoms with Gasteiger partial charge >= 0.3 is 0 Å². The van der Waals surface area contributed by atoms with Crippen LogP contribution in [-0.2, 0) is 13.5 Å². The fourth-order valence-corrected chi connectivity index (χ4v) is 3.25. The first kappa shape index (κ1) is 14.8. The first-order valence-corrected chi connectivity index (χ1v) is 7.60. The number of halogens is 2. The van der Waals surface area contributed by atoms with E-state index in [1.54, 1.807) is 4.68 Å². The van der Waals surface area contributed by atoms with E-state index in [9.17, 15) is 0 Å². The summed E-state index contributed by atoms with van der Waals surface area (Å²) in [6, 6.07) is 8.65. The van der Waals surface area contributed by atoms with Crippen LogP contribution in [0.3, 0.4) is 0 Å². The molecule has 1 unspecified atom stereocenters. The summed E-state index contributed by atoms with van der Waals surface area (Å²) < 4.78 is 2.99. The van der Waals surface area contributed by atoms with Gasteiger partial charge in [-0.2, -0.15) is 5.10 Å². The molecular weight excluding hydrogens is 373 g/mol. The predicted molar refractivity (Wildman–Crippen MR) is 87.6 cm³/mol. The molecule has 0 bridgehead atoms. The van der Waals surface area contributed by atoms with Crippen LogP contribution in [0, 0.1) is 10.5 Å². The number of benzene rings is 1. The SMILES string of the molecule is CNC(Cc1c(C)nn(C)c1Cl)c1ccccc1I. The minimum atomic E-state index is 0.244. The van der Waals surface area contributed by atoms with Crippen LogP contribution >= 0.6 is 34.2 Å². The highest BCUT2D eigenvalue weighted by Crippen LogP contribution is 2.27. The summed E-state index contributed by atoms with van der Waals surface area (Å²) in [5.74, 6) is 0. The van der Waals surface area contributed by atoms with Gasteiger partial charge in [0.1, 0.15) is 5.15 Å². The molecule has 2 aromatic rings. The van der Waals surface area contributed by atoms with E-state index in [4.69, 9.17) is 11.6 Å². The normalized spacial score (nSPS) is 12.7. The quantitative estimate of drug-likeness (QED) is 0.811. The minimum absolute atomic E-state index is 0.244. The monoisotopic (exact) mass is 389 g/mol. The second kappa shape index (κ2) is 6.24. The Bertz CT molecular complexity index is 580. The number of hydrogen-bond acceptors (Lipinski definition) is 2. The van der Waals surface area contributed by atoms with E-state index in [2.05, 4.69) is 57.3 Å². The van der Waals surface area contributed by atoms with E-state index < -0.39 is 0 Å². The fourth-order valence-electron chi connectivity index (χ4n) is 2.24. The largest absolute Gasteiger partial charge is 0.313 e. The van der Waals surface area contributed by atoms with E-state index in [0.717, 1.165) is 22.8 Å². The third kappa shape index (κ3) is 3.12. The maximum atomic E-state index is 6.31. The second-order valence-corrected chi connectivity index (χ2v) is 6.07. The van der Waals surface area contributed by atoms with Crippen molar-refractivity contribution in [3.63, 3.8) is 0 Å². The highest BCUT2D eigenvalue weighted by molar-refractivity contribution is 14.1. The summed E-state index contributed by atoms with van der Waals surface area (Å²) in [4.78, 5) is 0. The molecule has 3 nitrogen and oxygen atoms in total. The average molecular weight is 390 g/mol. The van der Waals surface area contributed by atoms with Crippen molar-refractivity contribution >= 4 is 34.2 Å². The molecule has 1 aromatic heterocycles. The third-order valence-electron chi connectivity index (χ3n) is 3.31. The Morgan fingerprint density at radius 2 is 2.11 bits per heavy atom. The van der Waals surface area contributed by atoms with Crippen LogP contribution in [-0.4, -0.2) is 16.8 Å². The van der Waals surface area contributed by atoms with Gasteiger partial charge in [-0.05, 0) is 54.6 Å². The van der Waals surface area contributed by atoms with Crippen molar-refractivity contribution in [3.05, 3.63) is 49.8 Å². The lowest BCUT2D eigenvalue weighted by atomic mass is 9.99. The zero-order valence-corrected chi connectivity index (χ0v) is 14.2. The van der Waals surface area contributed by atoms with Crippen molar-refractivity contribution in [1.82, 2.24) is 15.1 Å². The summed E-state index contributed by atoms with van der Waals surface area (Å²) in [6.45, 7) is 2.00. The summed E-state index contributed by atoms with van der Waals surface area (Å²) in [5, 5.41) is 8.47. The topological polar surface area (TPSA) is 29.9 Å². The molecular formula is C14H17ClIN3. The molecule has 0 radical (unpaired) electrons. The Labute approximate surface area is 132 Å². The van der Waals surface area contributed by atoms with Gasteiger partial charge in [0.2, 0.25) is 0 Å². The summed E-state index contributed by atoms with van der Waals surface area (Å²) >= 11 is 8.68. The predicted octanol–water partition coefficient (Wildman–Crippen LogP) is 3.49. The molecule has 0 amide bonds. The van der Waals surface area contributed by atoms with Crippen LogP contribution in [0.1, 0.15) is 22.9 Å².